The molecule has 0 spiro atoms. The normalized spacial score (nSPS) is 11.2. The Morgan fingerprint density at radius 1 is 1.29 bits per heavy atom. The Kier molecular flexibility index (Phi) is 7.15. The van der Waals surface area contributed by atoms with E-state index in [1.54, 1.807) is 37.3 Å². The van der Waals surface area contributed by atoms with Gasteiger partial charge in [-0.1, -0.05) is 30.3 Å². The van der Waals surface area contributed by atoms with Crippen LogP contribution in [0.4, 0.5) is 0 Å². The van der Waals surface area contributed by atoms with Crippen LogP contribution in [0.1, 0.15) is 22.4 Å². The van der Waals surface area contributed by atoms with Crippen LogP contribution in [-0.2, 0) is 22.4 Å². The van der Waals surface area contributed by atoms with Crippen molar-refractivity contribution >= 4 is 28.6 Å². The van der Waals surface area contributed by atoms with E-state index in [0.29, 0.717) is 16.8 Å². The first-order chi connectivity index (χ1) is 10.9. The summed E-state index contributed by atoms with van der Waals surface area (Å²) in [6, 6.07) is 8.70. The van der Waals surface area contributed by atoms with Gasteiger partial charge in [0.25, 0.3) is 10.0 Å². The maximum Gasteiger partial charge on any atom is 0.251 e. The van der Waals surface area contributed by atoms with Crippen LogP contribution in [0.25, 0.3) is 0 Å². The summed E-state index contributed by atoms with van der Waals surface area (Å²) >= 11 is 0. The Morgan fingerprint density at radius 2 is 1.96 bits per heavy atom. The zero-order chi connectivity index (χ0) is 16.9. The Morgan fingerprint density at radius 3 is 2.58 bits per heavy atom. The Balaban J connectivity index is 0.00000288. The standard InChI is InChI=1S/C15H17N3O4S.ClH/c1-11-15(20)14(13(9-19)7-16-11)8-17-18-23(21,22)10-12-5-3-2-4-6-12;/h2-8,18-20H,9-10H2,1H3;1H/b17-8+;. The average Bonchev–Trinajstić information content (AvgIpc) is 2.52. The van der Waals surface area contributed by atoms with Gasteiger partial charge in [-0.3, -0.25) is 4.98 Å². The number of halogens is 1. The molecule has 2 rings (SSSR count). The van der Waals surface area contributed by atoms with Crippen molar-refractivity contribution in [2.24, 2.45) is 5.10 Å². The number of aromatic nitrogens is 1. The molecule has 2 aromatic rings. The third-order valence-corrected chi connectivity index (χ3v) is 4.21. The van der Waals surface area contributed by atoms with Crippen molar-refractivity contribution in [1.29, 1.82) is 0 Å². The molecule has 3 N–H and O–H groups in total. The molecule has 0 radical (unpaired) electrons. The fraction of sp³-hybridized carbons (Fsp3) is 0.200. The van der Waals surface area contributed by atoms with E-state index in [4.69, 9.17) is 0 Å². The highest BCUT2D eigenvalue weighted by atomic mass is 35.5. The number of aromatic hydroxyl groups is 1. The van der Waals surface area contributed by atoms with Crippen LogP contribution < -0.4 is 4.83 Å². The Bertz CT molecular complexity index is 811. The smallest absolute Gasteiger partial charge is 0.251 e. The highest BCUT2D eigenvalue weighted by Crippen LogP contribution is 2.21. The third kappa shape index (κ3) is 5.19. The molecular weight excluding hydrogens is 354 g/mol. The topological polar surface area (TPSA) is 112 Å². The SMILES string of the molecule is Cc1ncc(CO)c(/C=N/NS(=O)(=O)Cc2ccccc2)c1O.Cl. The number of nitrogens with zero attached hydrogens (tertiary/aromatic N) is 2. The van der Waals surface area contributed by atoms with Crippen LogP contribution >= 0.6 is 12.4 Å². The molecule has 9 heteroatoms. The lowest BCUT2D eigenvalue weighted by molar-refractivity contribution is 0.280. The molecule has 0 saturated carbocycles. The first kappa shape index (κ1) is 19.9. The maximum absolute atomic E-state index is 11.9. The highest BCUT2D eigenvalue weighted by molar-refractivity contribution is 7.88. The molecule has 7 nitrogen and oxygen atoms in total. The van der Waals surface area contributed by atoms with E-state index in [9.17, 15) is 18.6 Å². The molecule has 0 atom stereocenters. The number of sulfonamides is 1. The second-order valence-electron chi connectivity index (χ2n) is 4.88. The third-order valence-electron chi connectivity index (χ3n) is 3.11. The van der Waals surface area contributed by atoms with Crippen molar-refractivity contribution in [3.63, 3.8) is 0 Å². The van der Waals surface area contributed by atoms with Crippen LogP contribution in [0.2, 0.25) is 0 Å². The lowest BCUT2D eigenvalue weighted by Gasteiger charge is -2.07. The monoisotopic (exact) mass is 371 g/mol. The van der Waals surface area contributed by atoms with Gasteiger partial charge >= 0.3 is 0 Å². The molecule has 0 amide bonds. The van der Waals surface area contributed by atoms with E-state index >= 15 is 0 Å². The number of hydrazone groups is 1. The summed E-state index contributed by atoms with van der Waals surface area (Å²) in [7, 11) is -3.65. The number of hydrogen-bond donors (Lipinski definition) is 3. The van der Waals surface area contributed by atoms with E-state index in [1.165, 1.54) is 6.20 Å². The van der Waals surface area contributed by atoms with Crippen molar-refractivity contribution in [1.82, 2.24) is 9.82 Å². The fourth-order valence-corrected chi connectivity index (χ4v) is 2.83. The average molecular weight is 372 g/mol. The van der Waals surface area contributed by atoms with Crippen molar-refractivity contribution in [3.05, 3.63) is 58.9 Å². The molecule has 0 saturated heterocycles. The van der Waals surface area contributed by atoms with Crippen molar-refractivity contribution in [3.8, 4) is 5.75 Å². The summed E-state index contributed by atoms with van der Waals surface area (Å²) in [5.74, 6) is -0.359. The van der Waals surface area contributed by atoms with Gasteiger partial charge in [-0.05, 0) is 12.5 Å². The molecule has 130 valence electrons. The van der Waals surface area contributed by atoms with E-state index < -0.39 is 10.0 Å². The number of nitrogens with one attached hydrogen (secondary N) is 1. The lowest BCUT2D eigenvalue weighted by atomic mass is 10.1. The van der Waals surface area contributed by atoms with Crippen LogP contribution in [0, 0.1) is 6.92 Å². The minimum atomic E-state index is -3.65. The highest BCUT2D eigenvalue weighted by Gasteiger charge is 2.12. The Labute approximate surface area is 146 Å². The lowest BCUT2D eigenvalue weighted by Crippen LogP contribution is -2.20. The predicted molar refractivity (Wildman–Crippen MR) is 93.6 cm³/mol. The van der Waals surface area contributed by atoms with E-state index in [0.717, 1.165) is 6.21 Å². The molecule has 0 aliphatic heterocycles. The number of pyridine rings is 1. The predicted octanol–water partition coefficient (Wildman–Crippen LogP) is 1.46. The molecule has 24 heavy (non-hydrogen) atoms. The number of aliphatic hydroxyl groups excluding tert-OH is 1. The molecular formula is C15H18ClN3O4S. The molecule has 0 fully saturated rings. The number of rotatable bonds is 6. The van der Waals surface area contributed by atoms with E-state index in [-0.39, 0.29) is 36.1 Å². The zero-order valence-corrected chi connectivity index (χ0v) is 14.5. The molecule has 0 bridgehead atoms. The van der Waals surface area contributed by atoms with Crippen molar-refractivity contribution in [2.45, 2.75) is 19.3 Å². The molecule has 1 aromatic carbocycles. The van der Waals surface area contributed by atoms with Gasteiger partial charge in [-0.15, -0.1) is 12.4 Å². The van der Waals surface area contributed by atoms with Gasteiger partial charge in [0.15, 0.2) is 0 Å². The summed E-state index contributed by atoms with van der Waals surface area (Å²) < 4.78 is 23.9. The van der Waals surface area contributed by atoms with Gasteiger partial charge in [0.05, 0.1) is 24.3 Å². The number of aliphatic hydroxyl groups is 1. The van der Waals surface area contributed by atoms with E-state index in [1.807, 2.05) is 0 Å². The molecule has 0 aliphatic carbocycles. The first-order valence-electron chi connectivity index (χ1n) is 6.77. The zero-order valence-electron chi connectivity index (χ0n) is 12.9. The van der Waals surface area contributed by atoms with Gasteiger partial charge in [0.1, 0.15) is 5.75 Å². The molecule has 1 heterocycles. The maximum atomic E-state index is 11.9. The van der Waals surface area contributed by atoms with Crippen LogP contribution in [0.3, 0.4) is 0 Å². The molecule has 0 unspecified atom stereocenters. The van der Waals surface area contributed by atoms with Gasteiger partial charge in [-0.2, -0.15) is 5.10 Å². The van der Waals surface area contributed by atoms with Gasteiger partial charge < -0.3 is 10.2 Å². The van der Waals surface area contributed by atoms with Crippen molar-refractivity contribution < 1.29 is 18.6 Å². The van der Waals surface area contributed by atoms with Gasteiger partial charge in [-0.25, -0.2) is 13.2 Å². The summed E-state index contributed by atoms with van der Waals surface area (Å²) in [6.45, 7) is 1.24. The minimum absolute atomic E-state index is 0. The number of hydrogen-bond acceptors (Lipinski definition) is 6. The number of aryl methyl sites for hydroxylation is 1. The largest absolute Gasteiger partial charge is 0.505 e. The summed E-state index contributed by atoms with van der Waals surface area (Å²) in [6.07, 6.45) is 2.55. The van der Waals surface area contributed by atoms with Crippen LogP contribution in [0.5, 0.6) is 5.75 Å². The fourth-order valence-electron chi connectivity index (χ4n) is 1.92. The summed E-state index contributed by atoms with van der Waals surface area (Å²) in [5, 5.41) is 22.8. The van der Waals surface area contributed by atoms with Crippen LogP contribution in [0.15, 0.2) is 41.6 Å². The summed E-state index contributed by atoms with van der Waals surface area (Å²) in [5.41, 5.74) is 1.56. The second-order valence-corrected chi connectivity index (χ2v) is 6.58. The van der Waals surface area contributed by atoms with Gasteiger partial charge in [0.2, 0.25) is 0 Å². The molecule has 0 aliphatic rings. The summed E-state index contributed by atoms with van der Waals surface area (Å²) in [4.78, 5) is 5.99. The van der Waals surface area contributed by atoms with E-state index in [2.05, 4.69) is 14.9 Å². The number of benzene rings is 1. The quantitative estimate of drug-likeness (QED) is 0.525. The Hall–Kier alpha value is -2.16. The van der Waals surface area contributed by atoms with Crippen LogP contribution in [-0.4, -0.2) is 29.8 Å². The minimum Gasteiger partial charge on any atom is -0.505 e. The second kappa shape index (κ2) is 8.62. The molecule has 1 aromatic heterocycles. The first-order valence-corrected chi connectivity index (χ1v) is 8.43. The van der Waals surface area contributed by atoms with Crippen molar-refractivity contribution in [2.75, 3.05) is 0 Å². The van der Waals surface area contributed by atoms with Gasteiger partial charge in [0, 0.05) is 17.3 Å².